The zero-order valence-electron chi connectivity index (χ0n) is 13.8. The Hall–Kier alpha value is -1.01. The molecule has 0 aromatic rings. The number of hydrogen-bond donors (Lipinski definition) is 0. The molecular formula is C16H26O4S. The molecule has 120 valence electrons. The van der Waals surface area contributed by atoms with E-state index in [1.165, 1.54) is 0 Å². The molecule has 5 heteroatoms. The molecule has 0 aliphatic carbocycles. The van der Waals surface area contributed by atoms with Gasteiger partial charge in [-0.15, -0.1) is 12.8 Å². The Morgan fingerprint density at radius 2 is 1.19 bits per heavy atom. The van der Waals surface area contributed by atoms with E-state index in [0.29, 0.717) is 12.8 Å². The maximum Gasteiger partial charge on any atom is 0.402 e. The predicted octanol–water partition coefficient (Wildman–Crippen LogP) is 3.14. The van der Waals surface area contributed by atoms with Gasteiger partial charge in [0.05, 0.1) is 0 Å². The van der Waals surface area contributed by atoms with Crippen molar-refractivity contribution in [3.8, 4) is 24.7 Å². The molecule has 2 atom stereocenters. The Morgan fingerprint density at radius 1 is 0.905 bits per heavy atom. The summed E-state index contributed by atoms with van der Waals surface area (Å²) >= 11 is 0. The van der Waals surface area contributed by atoms with E-state index in [-0.39, 0.29) is 11.8 Å². The maximum absolute atomic E-state index is 12.1. The molecular weight excluding hydrogens is 288 g/mol. The molecule has 0 saturated carbocycles. The quantitative estimate of drug-likeness (QED) is 0.646. The van der Waals surface area contributed by atoms with Crippen molar-refractivity contribution in [3.63, 3.8) is 0 Å². The second-order valence-electron chi connectivity index (χ2n) is 6.52. The Labute approximate surface area is 129 Å². The summed E-state index contributed by atoms with van der Waals surface area (Å²) in [5.41, 5.74) is -2.50. The lowest BCUT2D eigenvalue weighted by Gasteiger charge is -2.29. The molecule has 0 bridgehead atoms. The van der Waals surface area contributed by atoms with Gasteiger partial charge in [-0.1, -0.05) is 39.5 Å². The van der Waals surface area contributed by atoms with E-state index in [2.05, 4.69) is 11.8 Å². The standard InChI is InChI=1S/C16H26O4S/c1-9-15(7,11-13(3)4)19-21(17,18)20-16(8,10-2)12-14(5)6/h1-2,13-14H,11-12H2,3-8H3. The fourth-order valence-electron chi connectivity index (χ4n) is 2.26. The van der Waals surface area contributed by atoms with Crippen molar-refractivity contribution in [1.29, 1.82) is 0 Å². The molecule has 0 fully saturated rings. The molecule has 21 heavy (non-hydrogen) atoms. The van der Waals surface area contributed by atoms with E-state index in [1.807, 2.05) is 27.7 Å². The second-order valence-corrected chi connectivity index (χ2v) is 7.67. The zero-order valence-corrected chi connectivity index (χ0v) is 14.6. The molecule has 0 amide bonds. The zero-order chi connectivity index (χ0) is 16.9. The van der Waals surface area contributed by atoms with Crippen molar-refractivity contribution < 1.29 is 16.8 Å². The van der Waals surface area contributed by atoms with Crippen molar-refractivity contribution in [3.05, 3.63) is 0 Å². The molecule has 0 aliphatic rings. The normalized spacial score (nSPS) is 17.8. The third kappa shape index (κ3) is 7.52. The molecule has 0 heterocycles. The molecule has 0 aromatic carbocycles. The Morgan fingerprint density at radius 3 is 1.38 bits per heavy atom. The lowest BCUT2D eigenvalue weighted by Crippen LogP contribution is -2.38. The summed E-state index contributed by atoms with van der Waals surface area (Å²) in [6.07, 6.45) is 11.6. The van der Waals surface area contributed by atoms with Crippen LogP contribution in [-0.4, -0.2) is 19.6 Å². The van der Waals surface area contributed by atoms with E-state index in [1.54, 1.807) is 13.8 Å². The van der Waals surface area contributed by atoms with Crippen LogP contribution >= 0.6 is 0 Å². The van der Waals surface area contributed by atoms with Crippen molar-refractivity contribution >= 4 is 10.4 Å². The van der Waals surface area contributed by atoms with Crippen LogP contribution in [0, 0.1) is 36.5 Å². The maximum atomic E-state index is 12.1. The summed E-state index contributed by atoms with van der Waals surface area (Å²) in [5, 5.41) is 0. The largest absolute Gasteiger partial charge is 0.402 e. The van der Waals surface area contributed by atoms with E-state index >= 15 is 0 Å². The first kappa shape index (κ1) is 20.0. The fourth-order valence-corrected chi connectivity index (χ4v) is 3.43. The van der Waals surface area contributed by atoms with Crippen LogP contribution in [-0.2, 0) is 18.8 Å². The van der Waals surface area contributed by atoms with Crippen molar-refractivity contribution in [1.82, 2.24) is 0 Å². The summed E-state index contributed by atoms with van der Waals surface area (Å²) < 4.78 is 34.4. The highest BCUT2D eigenvalue weighted by molar-refractivity contribution is 7.82. The SMILES string of the molecule is C#CC(C)(CC(C)C)OS(=O)(=O)OC(C)(C#C)CC(C)C. The Kier molecular flexibility index (Phi) is 6.96. The van der Waals surface area contributed by atoms with E-state index < -0.39 is 21.6 Å². The highest BCUT2D eigenvalue weighted by atomic mass is 32.3. The monoisotopic (exact) mass is 314 g/mol. The third-order valence-electron chi connectivity index (χ3n) is 2.78. The van der Waals surface area contributed by atoms with Crippen LogP contribution < -0.4 is 0 Å². The minimum atomic E-state index is -4.30. The van der Waals surface area contributed by atoms with Crippen molar-refractivity contribution in [2.45, 2.75) is 65.6 Å². The summed E-state index contributed by atoms with van der Waals surface area (Å²) in [7, 11) is -4.30. The lowest BCUT2D eigenvalue weighted by atomic mass is 9.95. The lowest BCUT2D eigenvalue weighted by molar-refractivity contribution is 0.0582. The van der Waals surface area contributed by atoms with Crippen LogP contribution in [0.4, 0.5) is 0 Å². The molecule has 0 aliphatic heterocycles. The third-order valence-corrected chi connectivity index (χ3v) is 3.92. The molecule has 0 rings (SSSR count). The molecule has 4 nitrogen and oxygen atoms in total. The minimum absolute atomic E-state index is 0.177. The molecule has 0 saturated heterocycles. The van der Waals surface area contributed by atoms with Gasteiger partial charge >= 0.3 is 10.4 Å². The topological polar surface area (TPSA) is 52.6 Å². The average molecular weight is 314 g/mol. The first-order valence-electron chi connectivity index (χ1n) is 6.99. The smallest absolute Gasteiger partial charge is 0.229 e. The first-order valence-corrected chi connectivity index (χ1v) is 8.32. The average Bonchev–Trinajstić information content (AvgIpc) is 2.24. The predicted molar refractivity (Wildman–Crippen MR) is 84.5 cm³/mol. The van der Waals surface area contributed by atoms with Crippen LogP contribution in [0.25, 0.3) is 0 Å². The second kappa shape index (κ2) is 7.31. The number of hydrogen-bond acceptors (Lipinski definition) is 4. The van der Waals surface area contributed by atoms with E-state index in [0.717, 1.165) is 0 Å². The van der Waals surface area contributed by atoms with Gasteiger partial charge in [0.2, 0.25) is 0 Å². The van der Waals surface area contributed by atoms with Crippen LogP contribution in [0.5, 0.6) is 0 Å². The Bertz CT molecular complexity index is 479. The first-order chi connectivity index (χ1) is 9.37. The minimum Gasteiger partial charge on any atom is -0.229 e. The summed E-state index contributed by atoms with van der Waals surface area (Å²) in [4.78, 5) is 0. The van der Waals surface area contributed by atoms with Gasteiger partial charge < -0.3 is 0 Å². The van der Waals surface area contributed by atoms with Crippen LogP contribution in [0.2, 0.25) is 0 Å². The van der Waals surface area contributed by atoms with Gasteiger partial charge in [0.1, 0.15) is 11.2 Å². The summed E-state index contributed by atoms with van der Waals surface area (Å²) in [6, 6.07) is 0. The molecule has 0 spiro atoms. The van der Waals surface area contributed by atoms with Crippen LogP contribution in [0.3, 0.4) is 0 Å². The van der Waals surface area contributed by atoms with Gasteiger partial charge in [-0.25, -0.2) is 8.37 Å². The van der Waals surface area contributed by atoms with Crippen molar-refractivity contribution in [2.75, 3.05) is 0 Å². The van der Waals surface area contributed by atoms with Gasteiger partial charge in [0.25, 0.3) is 0 Å². The van der Waals surface area contributed by atoms with Gasteiger partial charge in [0, 0.05) is 0 Å². The van der Waals surface area contributed by atoms with E-state index in [9.17, 15) is 8.42 Å². The summed E-state index contributed by atoms with van der Waals surface area (Å²) in [5.74, 6) is 5.11. The van der Waals surface area contributed by atoms with Gasteiger partial charge in [-0.05, 0) is 38.5 Å². The van der Waals surface area contributed by atoms with Gasteiger partial charge in [-0.2, -0.15) is 8.42 Å². The number of rotatable bonds is 8. The Balaban J connectivity index is 5.16. The summed E-state index contributed by atoms with van der Waals surface area (Å²) in [6.45, 7) is 10.8. The highest BCUT2D eigenvalue weighted by Crippen LogP contribution is 2.28. The molecule has 2 unspecified atom stereocenters. The van der Waals surface area contributed by atoms with Crippen LogP contribution in [0.1, 0.15) is 54.4 Å². The van der Waals surface area contributed by atoms with Crippen molar-refractivity contribution in [2.24, 2.45) is 11.8 Å². The van der Waals surface area contributed by atoms with Gasteiger partial charge in [-0.3, -0.25) is 0 Å². The van der Waals surface area contributed by atoms with E-state index in [4.69, 9.17) is 21.2 Å². The van der Waals surface area contributed by atoms with Crippen LogP contribution in [0.15, 0.2) is 0 Å². The number of terminal acetylenes is 2. The van der Waals surface area contributed by atoms with Gasteiger partial charge in [0.15, 0.2) is 0 Å². The molecule has 0 N–H and O–H groups in total. The fraction of sp³-hybridized carbons (Fsp3) is 0.750. The molecule has 0 radical (unpaired) electrons. The molecule has 0 aromatic heterocycles. The highest BCUT2D eigenvalue weighted by Gasteiger charge is 2.37.